The van der Waals surface area contributed by atoms with Crippen LogP contribution in [0, 0.1) is 17.2 Å². The first-order valence-corrected chi connectivity index (χ1v) is 6.98. The van der Waals surface area contributed by atoms with Crippen molar-refractivity contribution >= 4 is 11.9 Å². The molecule has 1 rings (SSSR count). The molecule has 0 heterocycles. The Morgan fingerprint density at radius 3 is 1.92 bits per heavy atom. The fourth-order valence-corrected chi connectivity index (χ4v) is 1.96. The molecule has 1 aromatic carbocycles. The van der Waals surface area contributed by atoms with Crippen LogP contribution in [0.2, 0.25) is 0 Å². The monoisotopic (exact) mass is 382 g/mol. The summed E-state index contributed by atoms with van der Waals surface area (Å²) in [6.45, 7) is 1.34. The number of hydrogen-bond donors (Lipinski definition) is 2. The number of hydrogen-bond acceptors (Lipinski definition) is 3. The van der Waals surface area contributed by atoms with Gasteiger partial charge in [-0.05, 0) is 31.5 Å². The minimum absolute atomic E-state index is 0.150. The molecule has 0 unspecified atom stereocenters. The molecule has 0 fully saturated rings. The van der Waals surface area contributed by atoms with Gasteiger partial charge in [0.1, 0.15) is 6.04 Å². The Balaban J connectivity index is 3.26. The lowest BCUT2D eigenvalue weighted by molar-refractivity contribution is -0.143. The van der Waals surface area contributed by atoms with Gasteiger partial charge < -0.3 is 10.4 Å². The molecule has 2 atom stereocenters. The highest BCUT2D eigenvalue weighted by Crippen LogP contribution is 2.36. The van der Waals surface area contributed by atoms with Gasteiger partial charge in [-0.25, -0.2) is 4.79 Å². The van der Waals surface area contributed by atoms with Crippen molar-refractivity contribution in [2.75, 3.05) is 0 Å². The predicted octanol–water partition coefficient (Wildman–Crippen LogP) is 3.46. The van der Waals surface area contributed by atoms with E-state index in [1.165, 1.54) is 6.92 Å². The van der Waals surface area contributed by atoms with Crippen molar-refractivity contribution in [3.8, 4) is 6.07 Å². The van der Waals surface area contributed by atoms with E-state index in [9.17, 15) is 35.9 Å². The number of nitrogens with one attached hydrogen (secondary N) is 1. The second-order valence-electron chi connectivity index (χ2n) is 5.42. The lowest BCUT2D eigenvalue weighted by atomic mass is 10.0. The number of carbonyl (C=O) groups is 2. The molecule has 0 spiro atoms. The lowest BCUT2D eigenvalue weighted by Crippen LogP contribution is -2.41. The first kappa shape index (κ1) is 21.3. The molecule has 26 heavy (non-hydrogen) atoms. The summed E-state index contributed by atoms with van der Waals surface area (Å²) in [7, 11) is 0. The van der Waals surface area contributed by atoms with Crippen molar-refractivity contribution in [2.24, 2.45) is 5.92 Å². The minimum Gasteiger partial charge on any atom is -0.480 e. The number of nitrogens with zero attached hydrogens (tertiary/aromatic N) is 1. The van der Waals surface area contributed by atoms with E-state index in [1.54, 1.807) is 6.07 Å². The number of rotatable bonds is 5. The van der Waals surface area contributed by atoms with E-state index in [-0.39, 0.29) is 24.6 Å². The molecule has 0 saturated heterocycles. The normalized spacial score (nSPS) is 14.2. The van der Waals surface area contributed by atoms with Gasteiger partial charge in [-0.3, -0.25) is 4.79 Å². The molecule has 0 aromatic heterocycles. The zero-order chi connectivity index (χ0) is 20.3. The summed E-state index contributed by atoms with van der Waals surface area (Å²) in [6.07, 6.45) is -10.7. The van der Waals surface area contributed by atoms with Gasteiger partial charge in [0.05, 0.1) is 17.2 Å². The second kappa shape index (κ2) is 7.63. The number of carbonyl (C=O) groups excluding carboxylic acids is 1. The molecular weight excluding hydrogens is 370 g/mol. The number of carboxylic acids is 1. The third kappa shape index (κ3) is 5.65. The maximum Gasteiger partial charge on any atom is 0.416 e. The smallest absolute Gasteiger partial charge is 0.416 e. The number of aliphatic carboxylic acids is 1. The molecule has 0 bridgehead atoms. The maximum atomic E-state index is 12.8. The van der Waals surface area contributed by atoms with E-state index in [2.05, 4.69) is 0 Å². The largest absolute Gasteiger partial charge is 0.480 e. The van der Waals surface area contributed by atoms with E-state index in [1.807, 2.05) is 5.32 Å². The van der Waals surface area contributed by atoms with E-state index < -0.39 is 52.9 Å². The van der Waals surface area contributed by atoms with Crippen LogP contribution in [0.5, 0.6) is 0 Å². The number of benzene rings is 1. The van der Waals surface area contributed by atoms with Gasteiger partial charge in [-0.1, -0.05) is 0 Å². The SMILES string of the molecule is C[C@H](C#N)C[C@@H](NC(=O)c1cc(C(F)(F)F)cc(C(F)(F)F)c1)C(=O)O. The molecule has 142 valence electrons. The molecular formula is C15H12F6N2O3. The van der Waals surface area contributed by atoms with Crippen LogP contribution in [0.4, 0.5) is 26.3 Å². The van der Waals surface area contributed by atoms with Crippen molar-refractivity contribution in [1.82, 2.24) is 5.32 Å². The quantitative estimate of drug-likeness (QED) is 0.764. The Labute approximate surface area is 143 Å². The molecule has 0 aliphatic heterocycles. The molecule has 0 radical (unpaired) electrons. The summed E-state index contributed by atoms with van der Waals surface area (Å²) in [6, 6.07) is 0.291. The van der Waals surface area contributed by atoms with E-state index in [0.29, 0.717) is 0 Å². The van der Waals surface area contributed by atoms with Crippen molar-refractivity contribution in [2.45, 2.75) is 31.7 Å². The van der Waals surface area contributed by atoms with E-state index >= 15 is 0 Å². The van der Waals surface area contributed by atoms with Gasteiger partial charge in [0, 0.05) is 11.5 Å². The summed E-state index contributed by atoms with van der Waals surface area (Å²) < 4.78 is 76.7. The van der Waals surface area contributed by atoms with Crippen molar-refractivity contribution in [3.05, 3.63) is 34.9 Å². The number of nitriles is 1. The van der Waals surface area contributed by atoms with Crippen LogP contribution in [0.25, 0.3) is 0 Å². The van der Waals surface area contributed by atoms with Crippen LogP contribution < -0.4 is 5.32 Å². The number of amides is 1. The highest BCUT2D eigenvalue weighted by atomic mass is 19.4. The first-order valence-electron chi connectivity index (χ1n) is 6.98. The number of carboxylic acid groups (broad SMARTS) is 1. The standard InChI is InChI=1S/C15H12F6N2O3/c1-7(6-22)2-11(13(25)26)23-12(24)8-3-9(14(16,17)18)5-10(4-8)15(19,20)21/h3-5,7,11H,2H2,1H3,(H,23,24)(H,25,26)/t7-,11+/m0/s1. The predicted molar refractivity (Wildman–Crippen MR) is 74.7 cm³/mol. The molecule has 11 heteroatoms. The van der Waals surface area contributed by atoms with Crippen LogP contribution in [-0.2, 0) is 17.1 Å². The first-order chi connectivity index (χ1) is 11.8. The lowest BCUT2D eigenvalue weighted by Gasteiger charge is -2.17. The Morgan fingerprint density at radius 1 is 1.12 bits per heavy atom. The second-order valence-corrected chi connectivity index (χ2v) is 5.42. The summed E-state index contributed by atoms with van der Waals surface area (Å²) >= 11 is 0. The zero-order valence-corrected chi connectivity index (χ0v) is 13.1. The Bertz CT molecular complexity index is 704. The third-order valence-corrected chi connectivity index (χ3v) is 3.26. The summed E-state index contributed by atoms with van der Waals surface area (Å²) in [5, 5.41) is 19.5. The van der Waals surface area contributed by atoms with Gasteiger partial charge in [0.15, 0.2) is 0 Å². The van der Waals surface area contributed by atoms with Crippen LogP contribution in [0.15, 0.2) is 18.2 Å². The Kier molecular flexibility index (Phi) is 6.25. The Morgan fingerprint density at radius 2 is 1.58 bits per heavy atom. The van der Waals surface area contributed by atoms with Crippen LogP contribution in [0.1, 0.15) is 34.8 Å². The highest BCUT2D eigenvalue weighted by Gasteiger charge is 2.37. The minimum atomic E-state index is -5.14. The zero-order valence-electron chi connectivity index (χ0n) is 13.1. The third-order valence-electron chi connectivity index (χ3n) is 3.26. The molecule has 2 N–H and O–H groups in total. The van der Waals surface area contributed by atoms with Gasteiger partial charge in [0.2, 0.25) is 0 Å². The van der Waals surface area contributed by atoms with Gasteiger partial charge in [-0.15, -0.1) is 0 Å². The number of alkyl halides is 6. The van der Waals surface area contributed by atoms with Crippen molar-refractivity contribution in [1.29, 1.82) is 5.26 Å². The van der Waals surface area contributed by atoms with Crippen LogP contribution >= 0.6 is 0 Å². The van der Waals surface area contributed by atoms with E-state index in [0.717, 1.165) is 0 Å². The number of halogens is 6. The Hall–Kier alpha value is -2.77. The molecule has 0 saturated carbocycles. The van der Waals surface area contributed by atoms with Crippen LogP contribution in [0.3, 0.4) is 0 Å². The fourth-order valence-electron chi connectivity index (χ4n) is 1.96. The van der Waals surface area contributed by atoms with Gasteiger partial charge >= 0.3 is 18.3 Å². The summed E-state index contributed by atoms with van der Waals surface area (Å²) in [5.74, 6) is -3.83. The molecule has 1 aromatic rings. The molecule has 0 aliphatic carbocycles. The van der Waals surface area contributed by atoms with Crippen LogP contribution in [-0.4, -0.2) is 23.0 Å². The fraction of sp³-hybridized carbons (Fsp3) is 0.400. The molecule has 1 amide bonds. The van der Waals surface area contributed by atoms with Crippen molar-refractivity contribution < 1.29 is 41.0 Å². The average molecular weight is 382 g/mol. The summed E-state index contributed by atoms with van der Waals surface area (Å²) in [5.41, 5.74) is -4.40. The van der Waals surface area contributed by atoms with Crippen molar-refractivity contribution in [3.63, 3.8) is 0 Å². The molecule has 5 nitrogen and oxygen atoms in total. The topological polar surface area (TPSA) is 90.2 Å². The highest BCUT2D eigenvalue weighted by molar-refractivity contribution is 5.97. The van der Waals surface area contributed by atoms with Gasteiger partial charge in [0.25, 0.3) is 5.91 Å². The molecule has 0 aliphatic rings. The summed E-state index contributed by atoms with van der Waals surface area (Å²) in [4.78, 5) is 23.1. The average Bonchev–Trinajstić information content (AvgIpc) is 2.51. The van der Waals surface area contributed by atoms with Gasteiger partial charge in [-0.2, -0.15) is 31.6 Å². The maximum absolute atomic E-state index is 12.8. The van der Waals surface area contributed by atoms with E-state index in [4.69, 9.17) is 10.4 Å².